The summed E-state index contributed by atoms with van der Waals surface area (Å²) >= 11 is 0. The first kappa shape index (κ1) is 7.44. The SMILES string of the molecule is N#C/C=C\C=C/C(=O)O. The summed E-state index contributed by atoms with van der Waals surface area (Å²) in [5.74, 6) is -1.02. The van der Waals surface area contributed by atoms with Gasteiger partial charge >= 0.3 is 5.97 Å². The van der Waals surface area contributed by atoms with E-state index in [4.69, 9.17) is 10.4 Å². The third-order valence-corrected chi connectivity index (χ3v) is 0.521. The molecule has 0 atom stereocenters. The fourth-order valence-corrected chi connectivity index (χ4v) is 0.236. The lowest BCUT2D eigenvalue weighted by molar-refractivity contribution is -0.131. The van der Waals surface area contributed by atoms with Crippen LogP contribution in [0.4, 0.5) is 0 Å². The van der Waals surface area contributed by atoms with Crippen LogP contribution < -0.4 is 0 Å². The summed E-state index contributed by atoms with van der Waals surface area (Å²) in [6.07, 6.45) is 4.78. The largest absolute Gasteiger partial charge is 0.478 e. The van der Waals surface area contributed by atoms with E-state index in [1.807, 2.05) is 0 Å². The molecule has 0 aromatic carbocycles. The Morgan fingerprint density at radius 1 is 1.56 bits per heavy atom. The van der Waals surface area contributed by atoms with E-state index in [9.17, 15) is 4.79 Å². The normalized spacial score (nSPS) is 10.1. The maximum Gasteiger partial charge on any atom is 0.328 e. The van der Waals surface area contributed by atoms with Gasteiger partial charge in [0, 0.05) is 12.2 Å². The van der Waals surface area contributed by atoms with E-state index in [0.29, 0.717) is 0 Å². The first-order valence-electron chi connectivity index (χ1n) is 2.23. The molecule has 0 bridgehead atoms. The van der Waals surface area contributed by atoms with Gasteiger partial charge in [0.15, 0.2) is 0 Å². The van der Waals surface area contributed by atoms with Crippen molar-refractivity contribution in [3.63, 3.8) is 0 Å². The average molecular weight is 123 g/mol. The number of hydrogen-bond acceptors (Lipinski definition) is 2. The van der Waals surface area contributed by atoms with Gasteiger partial charge in [-0.05, 0) is 0 Å². The van der Waals surface area contributed by atoms with Crippen LogP contribution in [0.15, 0.2) is 24.3 Å². The zero-order valence-corrected chi connectivity index (χ0v) is 4.61. The van der Waals surface area contributed by atoms with Crippen molar-refractivity contribution < 1.29 is 9.90 Å². The maximum atomic E-state index is 9.76. The molecular weight excluding hydrogens is 118 g/mol. The number of nitrogens with zero attached hydrogens (tertiary/aromatic N) is 1. The molecule has 9 heavy (non-hydrogen) atoms. The molecule has 0 rings (SSSR count). The minimum atomic E-state index is -1.02. The average Bonchev–Trinajstić information content (AvgIpc) is 1.80. The van der Waals surface area contributed by atoms with Crippen molar-refractivity contribution in [2.24, 2.45) is 0 Å². The van der Waals surface area contributed by atoms with Crippen LogP contribution in [-0.4, -0.2) is 11.1 Å². The molecule has 0 heterocycles. The van der Waals surface area contributed by atoms with Gasteiger partial charge in [0.1, 0.15) is 0 Å². The molecule has 1 N–H and O–H groups in total. The predicted molar refractivity (Wildman–Crippen MR) is 31.5 cm³/mol. The van der Waals surface area contributed by atoms with Crippen LogP contribution in [0.2, 0.25) is 0 Å². The number of carbonyl (C=O) groups is 1. The van der Waals surface area contributed by atoms with E-state index in [1.54, 1.807) is 6.07 Å². The maximum absolute atomic E-state index is 9.76. The van der Waals surface area contributed by atoms with E-state index in [2.05, 4.69) is 0 Å². The van der Waals surface area contributed by atoms with E-state index in [1.165, 1.54) is 18.2 Å². The van der Waals surface area contributed by atoms with Gasteiger partial charge < -0.3 is 5.11 Å². The number of aliphatic carboxylic acids is 1. The summed E-state index contributed by atoms with van der Waals surface area (Å²) < 4.78 is 0. The van der Waals surface area contributed by atoms with Gasteiger partial charge in [0.2, 0.25) is 0 Å². The Morgan fingerprint density at radius 2 is 2.22 bits per heavy atom. The number of nitriles is 1. The van der Waals surface area contributed by atoms with Crippen LogP contribution in [-0.2, 0) is 4.79 Å². The molecule has 0 saturated heterocycles. The molecule has 0 saturated carbocycles. The van der Waals surface area contributed by atoms with Crippen LogP contribution >= 0.6 is 0 Å². The second-order valence-corrected chi connectivity index (χ2v) is 1.19. The van der Waals surface area contributed by atoms with Crippen molar-refractivity contribution in [1.29, 1.82) is 5.26 Å². The summed E-state index contributed by atoms with van der Waals surface area (Å²) in [4.78, 5) is 9.76. The first-order valence-corrected chi connectivity index (χ1v) is 2.23. The van der Waals surface area contributed by atoms with Gasteiger partial charge in [-0.25, -0.2) is 4.79 Å². The fourth-order valence-electron chi connectivity index (χ4n) is 0.236. The summed E-state index contributed by atoms with van der Waals surface area (Å²) in [7, 11) is 0. The lowest BCUT2D eigenvalue weighted by Gasteiger charge is -1.71. The van der Waals surface area contributed by atoms with Crippen LogP contribution in [0.3, 0.4) is 0 Å². The first-order chi connectivity index (χ1) is 4.27. The number of rotatable bonds is 2. The number of carboxylic acids is 1. The third-order valence-electron chi connectivity index (χ3n) is 0.521. The Morgan fingerprint density at radius 3 is 2.67 bits per heavy atom. The smallest absolute Gasteiger partial charge is 0.328 e. The Hall–Kier alpha value is -1.56. The molecule has 0 aliphatic heterocycles. The van der Waals surface area contributed by atoms with Gasteiger partial charge in [0.05, 0.1) is 6.07 Å². The summed E-state index contributed by atoms with van der Waals surface area (Å²) in [5, 5.41) is 15.9. The monoisotopic (exact) mass is 123 g/mol. The van der Waals surface area contributed by atoms with E-state index in [-0.39, 0.29) is 0 Å². The Kier molecular flexibility index (Phi) is 3.80. The zero-order valence-electron chi connectivity index (χ0n) is 4.61. The van der Waals surface area contributed by atoms with Crippen molar-refractivity contribution in [3.05, 3.63) is 24.3 Å². The molecule has 0 spiro atoms. The molecule has 0 amide bonds. The minimum absolute atomic E-state index is 0.952. The van der Waals surface area contributed by atoms with Crippen LogP contribution in [0.5, 0.6) is 0 Å². The molecular formula is C6H5NO2. The second-order valence-electron chi connectivity index (χ2n) is 1.19. The fraction of sp³-hybridized carbons (Fsp3) is 0. The molecule has 46 valence electrons. The molecule has 0 aromatic rings. The van der Waals surface area contributed by atoms with Crippen LogP contribution in [0.1, 0.15) is 0 Å². The molecule has 0 aromatic heterocycles. The second kappa shape index (κ2) is 4.60. The summed E-state index contributed by atoms with van der Waals surface area (Å²) in [5.41, 5.74) is 0. The lowest BCUT2D eigenvalue weighted by Crippen LogP contribution is -1.84. The molecule has 0 fully saturated rings. The Labute approximate surface area is 52.5 Å². The van der Waals surface area contributed by atoms with Gasteiger partial charge in [-0.2, -0.15) is 5.26 Å². The quantitative estimate of drug-likeness (QED) is 0.334. The van der Waals surface area contributed by atoms with Gasteiger partial charge in [-0.15, -0.1) is 0 Å². The molecule has 0 aliphatic carbocycles. The minimum Gasteiger partial charge on any atom is -0.478 e. The zero-order chi connectivity index (χ0) is 7.11. The van der Waals surface area contributed by atoms with E-state index >= 15 is 0 Å². The molecule has 3 nitrogen and oxygen atoms in total. The number of hydrogen-bond donors (Lipinski definition) is 1. The van der Waals surface area contributed by atoms with Gasteiger partial charge in [0.25, 0.3) is 0 Å². The third kappa shape index (κ3) is 6.44. The van der Waals surface area contributed by atoms with Crippen LogP contribution in [0, 0.1) is 11.3 Å². The molecule has 3 heteroatoms. The lowest BCUT2D eigenvalue weighted by atomic mass is 10.4. The Bertz CT molecular complexity index is 186. The highest BCUT2D eigenvalue weighted by molar-refractivity contribution is 5.80. The highest BCUT2D eigenvalue weighted by atomic mass is 16.4. The van der Waals surface area contributed by atoms with E-state index < -0.39 is 5.97 Å². The van der Waals surface area contributed by atoms with Crippen molar-refractivity contribution in [2.45, 2.75) is 0 Å². The highest BCUT2D eigenvalue weighted by Gasteiger charge is 1.78. The number of allylic oxidation sites excluding steroid dienone is 3. The molecule has 0 unspecified atom stereocenters. The van der Waals surface area contributed by atoms with Crippen molar-refractivity contribution >= 4 is 5.97 Å². The predicted octanol–water partition coefficient (Wildman–Crippen LogP) is 0.707. The Balaban J connectivity index is 3.63. The summed E-state index contributed by atoms with van der Waals surface area (Å²) in [6, 6.07) is 1.72. The van der Waals surface area contributed by atoms with Crippen molar-refractivity contribution in [3.8, 4) is 6.07 Å². The van der Waals surface area contributed by atoms with Gasteiger partial charge in [-0.1, -0.05) is 12.2 Å². The van der Waals surface area contributed by atoms with Crippen LogP contribution in [0.25, 0.3) is 0 Å². The van der Waals surface area contributed by atoms with Crippen molar-refractivity contribution in [2.75, 3.05) is 0 Å². The topological polar surface area (TPSA) is 61.1 Å². The standard InChI is InChI=1S/C6H5NO2/c7-5-3-1-2-4-6(8)9/h1-4H,(H,8,9)/b3-1-,4-2-. The van der Waals surface area contributed by atoms with Crippen molar-refractivity contribution in [1.82, 2.24) is 0 Å². The molecule has 0 aliphatic rings. The van der Waals surface area contributed by atoms with E-state index in [0.717, 1.165) is 6.08 Å². The highest BCUT2D eigenvalue weighted by Crippen LogP contribution is 1.74. The summed E-state index contributed by atoms with van der Waals surface area (Å²) in [6.45, 7) is 0. The van der Waals surface area contributed by atoms with Gasteiger partial charge in [-0.3, -0.25) is 0 Å². The molecule has 0 radical (unpaired) electrons. The number of carboxylic acid groups (broad SMARTS) is 1.